The van der Waals surface area contributed by atoms with Crippen LogP contribution in [0.5, 0.6) is 0 Å². The molecule has 1 fully saturated rings. The smallest absolute Gasteiger partial charge is 0.317 e. The van der Waals surface area contributed by atoms with Gasteiger partial charge in [-0.25, -0.2) is 9.18 Å². The van der Waals surface area contributed by atoms with Crippen molar-refractivity contribution in [2.45, 2.75) is 25.6 Å². The number of ether oxygens (including phenoxy) is 2. The van der Waals surface area contributed by atoms with Crippen LogP contribution in [0.15, 0.2) is 54.6 Å². The van der Waals surface area contributed by atoms with Crippen LogP contribution in [0.4, 0.5) is 9.18 Å². The lowest BCUT2D eigenvalue weighted by molar-refractivity contribution is -0.0172. The zero-order valence-corrected chi connectivity index (χ0v) is 16.1. The molecule has 1 aliphatic heterocycles. The average molecular weight is 386 g/mol. The van der Waals surface area contributed by atoms with Crippen LogP contribution >= 0.6 is 0 Å². The third kappa shape index (κ3) is 5.53. The third-order valence-electron chi connectivity index (χ3n) is 4.84. The van der Waals surface area contributed by atoms with Gasteiger partial charge in [-0.1, -0.05) is 48.5 Å². The van der Waals surface area contributed by atoms with E-state index >= 15 is 0 Å². The molecule has 2 aromatic rings. The summed E-state index contributed by atoms with van der Waals surface area (Å²) in [5.41, 5.74) is 1.63. The van der Waals surface area contributed by atoms with Crippen LogP contribution in [-0.2, 0) is 9.47 Å². The maximum atomic E-state index is 14.0. The Balaban J connectivity index is 1.38. The molecule has 28 heavy (non-hydrogen) atoms. The zero-order chi connectivity index (χ0) is 19.8. The van der Waals surface area contributed by atoms with E-state index in [0.717, 1.165) is 12.0 Å². The molecule has 2 aromatic carbocycles. The maximum Gasteiger partial charge on any atom is 0.317 e. The van der Waals surface area contributed by atoms with E-state index in [0.29, 0.717) is 38.4 Å². The van der Waals surface area contributed by atoms with Gasteiger partial charge in [0.2, 0.25) is 0 Å². The van der Waals surface area contributed by atoms with E-state index in [1.807, 2.05) is 37.3 Å². The van der Waals surface area contributed by atoms with Crippen LogP contribution in [0.25, 0.3) is 0 Å². The van der Waals surface area contributed by atoms with Crippen LogP contribution in [0.3, 0.4) is 0 Å². The van der Waals surface area contributed by atoms with Gasteiger partial charge in [0, 0.05) is 25.3 Å². The predicted molar refractivity (Wildman–Crippen MR) is 105 cm³/mol. The van der Waals surface area contributed by atoms with Crippen molar-refractivity contribution in [2.75, 3.05) is 32.8 Å². The number of nitrogens with zero attached hydrogens (tertiary/aromatic N) is 1. The highest BCUT2D eigenvalue weighted by Gasteiger charge is 2.26. The monoisotopic (exact) mass is 386 g/mol. The molecular weight excluding hydrogens is 359 g/mol. The van der Waals surface area contributed by atoms with Gasteiger partial charge < -0.3 is 19.7 Å². The standard InChI is InChI=1S/C22H27FN2O3/c1-17(18-8-3-2-4-9-18)27-14-7-12-24-22(26)25-13-15-28-21(16-25)19-10-5-6-11-20(19)23/h2-6,8-11,17,21H,7,12-16H2,1H3,(H,24,26)/t17-,21-/m0/s1. The largest absolute Gasteiger partial charge is 0.374 e. The lowest BCUT2D eigenvalue weighted by Gasteiger charge is -2.33. The van der Waals surface area contributed by atoms with Crippen LogP contribution < -0.4 is 5.32 Å². The summed E-state index contributed by atoms with van der Waals surface area (Å²) < 4.78 is 25.4. The Morgan fingerprint density at radius 3 is 2.79 bits per heavy atom. The Bertz CT molecular complexity index is 756. The fourth-order valence-corrected chi connectivity index (χ4v) is 3.22. The molecule has 0 unspecified atom stereocenters. The lowest BCUT2D eigenvalue weighted by Crippen LogP contribution is -2.47. The Morgan fingerprint density at radius 2 is 2.00 bits per heavy atom. The van der Waals surface area contributed by atoms with E-state index in [1.54, 1.807) is 23.1 Å². The number of morpholine rings is 1. The summed E-state index contributed by atoms with van der Waals surface area (Å²) in [5.74, 6) is -0.306. The molecule has 0 saturated carbocycles. The van der Waals surface area contributed by atoms with Crippen molar-refractivity contribution in [3.05, 3.63) is 71.5 Å². The molecule has 2 amide bonds. The molecule has 1 N–H and O–H groups in total. The Morgan fingerprint density at radius 1 is 1.25 bits per heavy atom. The highest BCUT2D eigenvalue weighted by molar-refractivity contribution is 5.74. The summed E-state index contributed by atoms with van der Waals surface area (Å²) in [6.07, 6.45) is 0.317. The Hall–Kier alpha value is -2.44. The van der Waals surface area contributed by atoms with E-state index in [4.69, 9.17) is 9.47 Å². The fraction of sp³-hybridized carbons (Fsp3) is 0.409. The summed E-state index contributed by atoms with van der Waals surface area (Å²) in [6, 6.07) is 16.4. The number of carbonyl (C=O) groups excluding carboxylic acids is 1. The number of halogens is 1. The number of benzene rings is 2. The van der Waals surface area contributed by atoms with Crippen molar-refractivity contribution in [1.82, 2.24) is 10.2 Å². The molecule has 0 radical (unpaired) electrons. The SMILES string of the molecule is C[C@H](OCCCNC(=O)N1CCO[C@H](c2ccccc2F)C1)c1ccccc1. The Labute approximate surface area is 165 Å². The summed E-state index contributed by atoms with van der Waals surface area (Å²) in [7, 11) is 0. The number of hydrogen-bond acceptors (Lipinski definition) is 3. The van der Waals surface area contributed by atoms with Gasteiger partial charge in [-0.2, -0.15) is 0 Å². The van der Waals surface area contributed by atoms with Crippen molar-refractivity contribution in [3.8, 4) is 0 Å². The van der Waals surface area contributed by atoms with Gasteiger partial charge in [0.15, 0.2) is 0 Å². The van der Waals surface area contributed by atoms with E-state index in [-0.39, 0.29) is 18.0 Å². The van der Waals surface area contributed by atoms with Gasteiger partial charge in [-0.05, 0) is 25.0 Å². The minimum absolute atomic E-state index is 0.0256. The topological polar surface area (TPSA) is 50.8 Å². The van der Waals surface area contributed by atoms with Crippen LogP contribution in [0, 0.1) is 5.82 Å². The average Bonchev–Trinajstić information content (AvgIpc) is 2.74. The molecule has 0 spiro atoms. The number of amides is 2. The first-order valence-corrected chi connectivity index (χ1v) is 9.70. The first-order chi connectivity index (χ1) is 13.6. The summed E-state index contributed by atoms with van der Waals surface area (Å²) in [4.78, 5) is 14.1. The van der Waals surface area contributed by atoms with Crippen LogP contribution in [-0.4, -0.2) is 43.8 Å². The third-order valence-corrected chi connectivity index (χ3v) is 4.84. The molecule has 6 heteroatoms. The maximum absolute atomic E-state index is 14.0. The number of rotatable bonds is 7. The fourth-order valence-electron chi connectivity index (χ4n) is 3.22. The molecule has 0 aliphatic carbocycles. The van der Waals surface area contributed by atoms with Crippen LogP contribution in [0.1, 0.15) is 36.7 Å². The van der Waals surface area contributed by atoms with Crippen molar-refractivity contribution in [1.29, 1.82) is 0 Å². The molecule has 1 saturated heterocycles. The number of carbonyl (C=O) groups is 1. The molecule has 3 rings (SSSR count). The molecule has 0 bridgehead atoms. The second-order valence-electron chi connectivity index (χ2n) is 6.84. The molecule has 150 valence electrons. The molecular formula is C22H27FN2O3. The lowest BCUT2D eigenvalue weighted by atomic mass is 10.1. The highest BCUT2D eigenvalue weighted by Crippen LogP contribution is 2.24. The molecule has 5 nitrogen and oxygen atoms in total. The van der Waals surface area contributed by atoms with Crippen molar-refractivity contribution in [2.24, 2.45) is 0 Å². The van der Waals surface area contributed by atoms with E-state index in [2.05, 4.69) is 5.32 Å². The molecule has 1 heterocycles. The molecule has 1 aliphatic rings. The van der Waals surface area contributed by atoms with E-state index in [1.165, 1.54) is 6.07 Å². The van der Waals surface area contributed by atoms with Gasteiger partial charge in [0.1, 0.15) is 11.9 Å². The molecule has 2 atom stereocenters. The normalized spacial score (nSPS) is 17.9. The first kappa shape index (κ1) is 20.3. The van der Waals surface area contributed by atoms with Crippen molar-refractivity contribution >= 4 is 6.03 Å². The second kappa shape index (κ2) is 10.2. The predicted octanol–water partition coefficient (Wildman–Crippen LogP) is 4.08. The van der Waals surface area contributed by atoms with Crippen molar-refractivity contribution in [3.63, 3.8) is 0 Å². The van der Waals surface area contributed by atoms with Gasteiger partial charge >= 0.3 is 6.03 Å². The quantitative estimate of drug-likeness (QED) is 0.730. The van der Waals surface area contributed by atoms with E-state index < -0.39 is 6.10 Å². The van der Waals surface area contributed by atoms with E-state index in [9.17, 15) is 9.18 Å². The molecule has 0 aromatic heterocycles. The summed E-state index contributed by atoms with van der Waals surface area (Å²) >= 11 is 0. The summed E-state index contributed by atoms with van der Waals surface area (Å²) in [5, 5.41) is 2.91. The van der Waals surface area contributed by atoms with Gasteiger partial charge in [0.25, 0.3) is 0 Å². The Kier molecular flexibility index (Phi) is 7.39. The minimum Gasteiger partial charge on any atom is -0.374 e. The highest BCUT2D eigenvalue weighted by atomic mass is 19.1. The first-order valence-electron chi connectivity index (χ1n) is 9.70. The van der Waals surface area contributed by atoms with Crippen LogP contribution in [0.2, 0.25) is 0 Å². The number of urea groups is 1. The number of hydrogen-bond donors (Lipinski definition) is 1. The second-order valence-corrected chi connectivity index (χ2v) is 6.84. The number of nitrogens with one attached hydrogen (secondary N) is 1. The zero-order valence-electron chi connectivity index (χ0n) is 16.1. The van der Waals surface area contributed by atoms with Gasteiger partial charge in [-0.3, -0.25) is 0 Å². The van der Waals surface area contributed by atoms with Crippen molar-refractivity contribution < 1.29 is 18.7 Å². The summed E-state index contributed by atoms with van der Waals surface area (Å²) in [6.45, 7) is 4.35. The minimum atomic E-state index is -0.434. The van der Waals surface area contributed by atoms with Gasteiger partial charge in [0.05, 0.1) is 19.3 Å². The van der Waals surface area contributed by atoms with Gasteiger partial charge in [-0.15, -0.1) is 0 Å².